The number of rotatable bonds is 10. The monoisotopic (exact) mass is 494 g/mol. The number of ether oxygens (including phenoxy) is 1. The molecule has 0 aliphatic heterocycles. The number of hydrazine groups is 1. The third kappa shape index (κ3) is 13.5. The van der Waals surface area contributed by atoms with E-state index in [2.05, 4.69) is 10.3 Å². The van der Waals surface area contributed by atoms with Crippen LogP contribution in [0.25, 0.3) is 0 Å². The van der Waals surface area contributed by atoms with E-state index in [9.17, 15) is 32.9 Å². The zero-order valence-electron chi connectivity index (χ0n) is 17.9. The summed E-state index contributed by atoms with van der Waals surface area (Å²) >= 11 is 0. The molecular weight excluding hydrogens is 469 g/mol. The van der Waals surface area contributed by atoms with Crippen molar-refractivity contribution in [3.63, 3.8) is 0 Å². The first kappa shape index (κ1) is 30.0. The quantitative estimate of drug-likeness (QED) is 0.0716. The molecular formula is C18H25F3N6O7. The molecule has 1 rings (SSSR count). The minimum absolute atomic E-state index is 0.165. The third-order valence-electron chi connectivity index (χ3n) is 3.83. The lowest BCUT2D eigenvalue weighted by Crippen LogP contribution is -2.49. The van der Waals surface area contributed by atoms with Gasteiger partial charge in [0.05, 0.1) is 13.2 Å². The second-order valence-electron chi connectivity index (χ2n) is 6.46. The van der Waals surface area contributed by atoms with Gasteiger partial charge in [-0.1, -0.05) is 35.8 Å². The molecule has 7 N–H and O–H groups in total. The second kappa shape index (κ2) is 15.0. The maximum Gasteiger partial charge on any atom is 0.490 e. The fourth-order valence-electron chi connectivity index (χ4n) is 2.23. The first-order chi connectivity index (χ1) is 15.8. The molecule has 1 aromatic carbocycles. The summed E-state index contributed by atoms with van der Waals surface area (Å²) in [4.78, 5) is 47.0. The largest absolute Gasteiger partial charge is 0.490 e. The van der Waals surface area contributed by atoms with Gasteiger partial charge < -0.3 is 26.6 Å². The molecule has 0 aromatic heterocycles. The van der Waals surface area contributed by atoms with E-state index in [1.54, 1.807) is 5.43 Å². The van der Waals surface area contributed by atoms with E-state index in [1.807, 2.05) is 30.3 Å². The number of amides is 1. The van der Waals surface area contributed by atoms with Crippen molar-refractivity contribution >= 4 is 23.8 Å². The summed E-state index contributed by atoms with van der Waals surface area (Å²) in [5.41, 5.74) is 13.7. The van der Waals surface area contributed by atoms with Crippen LogP contribution in [0.2, 0.25) is 0 Å². The number of nitro groups is 1. The average Bonchev–Trinajstić information content (AvgIpc) is 2.75. The molecule has 0 fully saturated rings. The Morgan fingerprint density at radius 3 is 2.29 bits per heavy atom. The van der Waals surface area contributed by atoms with Gasteiger partial charge in [-0.05, 0) is 18.4 Å². The van der Waals surface area contributed by atoms with Crippen molar-refractivity contribution in [1.29, 1.82) is 0 Å². The minimum Gasteiger partial charge on any atom is -0.475 e. The van der Waals surface area contributed by atoms with Gasteiger partial charge in [0, 0.05) is 13.0 Å². The van der Waals surface area contributed by atoms with Gasteiger partial charge in [-0.25, -0.2) is 24.7 Å². The standard InChI is InChI=1S/C16H24N6O5.C2HF3O2/c1-27-15(24)13(10-11-6-3-2-4-7-11)20-14(23)12(17)8-5-9-19-16(18)21-22(25)26;3-2(4,5)1(6)7/h2-4,6-7,12-13H,5,8-10,17H2,1H3,(H,20,23)(H3,18,19,21);(H,6,7)/t12-,13-;/m0./s1. The number of nitrogens with zero attached hydrogens (tertiary/aromatic N) is 2. The Morgan fingerprint density at radius 1 is 1.26 bits per heavy atom. The number of benzene rings is 1. The summed E-state index contributed by atoms with van der Waals surface area (Å²) in [6.07, 6.45) is -4.16. The molecule has 0 heterocycles. The number of alkyl halides is 3. The molecule has 0 bridgehead atoms. The lowest BCUT2D eigenvalue weighted by Gasteiger charge is -2.19. The van der Waals surface area contributed by atoms with Crippen molar-refractivity contribution in [3.8, 4) is 0 Å². The highest BCUT2D eigenvalue weighted by atomic mass is 19.4. The molecule has 0 saturated carbocycles. The van der Waals surface area contributed by atoms with Gasteiger partial charge in [0.25, 0.3) is 5.96 Å². The molecule has 0 aliphatic rings. The number of methoxy groups -OCH3 is 1. The molecule has 16 heteroatoms. The summed E-state index contributed by atoms with van der Waals surface area (Å²) in [5.74, 6) is -4.15. The zero-order valence-corrected chi connectivity index (χ0v) is 17.9. The predicted octanol–water partition coefficient (Wildman–Crippen LogP) is -0.276. The topological polar surface area (TPSA) is 212 Å². The summed E-state index contributed by atoms with van der Waals surface area (Å²) in [6.45, 7) is 0.165. The number of halogens is 3. The number of carbonyl (C=O) groups excluding carboxylic acids is 2. The van der Waals surface area contributed by atoms with Crippen molar-refractivity contribution in [2.45, 2.75) is 37.5 Å². The van der Waals surface area contributed by atoms with Crippen LogP contribution in [0.3, 0.4) is 0 Å². The highest BCUT2D eigenvalue weighted by Gasteiger charge is 2.38. The number of aliphatic carboxylic acids is 1. The lowest BCUT2D eigenvalue weighted by molar-refractivity contribution is -0.525. The van der Waals surface area contributed by atoms with Crippen LogP contribution in [-0.2, 0) is 25.5 Å². The first-order valence-corrected chi connectivity index (χ1v) is 9.46. The first-order valence-electron chi connectivity index (χ1n) is 9.46. The van der Waals surface area contributed by atoms with E-state index in [1.165, 1.54) is 7.11 Å². The number of carbonyl (C=O) groups is 3. The smallest absolute Gasteiger partial charge is 0.475 e. The van der Waals surface area contributed by atoms with Crippen LogP contribution in [0.5, 0.6) is 0 Å². The molecule has 0 radical (unpaired) electrons. The van der Waals surface area contributed by atoms with Crippen LogP contribution >= 0.6 is 0 Å². The molecule has 13 nitrogen and oxygen atoms in total. The summed E-state index contributed by atoms with van der Waals surface area (Å²) in [5, 5.41) is 19.1. The number of carboxylic acids is 1. The van der Waals surface area contributed by atoms with Gasteiger partial charge in [0.2, 0.25) is 5.91 Å². The minimum atomic E-state index is -5.08. The van der Waals surface area contributed by atoms with Crippen molar-refractivity contribution in [2.75, 3.05) is 13.7 Å². The van der Waals surface area contributed by atoms with Gasteiger partial charge in [-0.3, -0.25) is 4.79 Å². The molecule has 1 amide bonds. The van der Waals surface area contributed by atoms with Gasteiger partial charge in [-0.15, -0.1) is 0 Å². The van der Waals surface area contributed by atoms with Crippen molar-refractivity contribution in [2.24, 2.45) is 16.5 Å². The Balaban J connectivity index is 0.00000135. The molecule has 0 spiro atoms. The van der Waals surface area contributed by atoms with Crippen molar-refractivity contribution < 1.29 is 42.4 Å². The van der Waals surface area contributed by atoms with Gasteiger partial charge in [0.15, 0.2) is 5.03 Å². The average molecular weight is 494 g/mol. The number of nitrogens with one attached hydrogen (secondary N) is 2. The molecule has 0 saturated heterocycles. The Kier molecular flexibility index (Phi) is 13.2. The fraction of sp³-hybridized carbons (Fsp3) is 0.444. The van der Waals surface area contributed by atoms with E-state index in [4.69, 9.17) is 26.1 Å². The number of hydrogen-bond donors (Lipinski definition) is 5. The van der Waals surface area contributed by atoms with E-state index in [-0.39, 0.29) is 25.3 Å². The van der Waals surface area contributed by atoms with Gasteiger partial charge >= 0.3 is 18.1 Å². The van der Waals surface area contributed by atoms with E-state index >= 15 is 0 Å². The van der Waals surface area contributed by atoms with E-state index in [0.717, 1.165) is 5.56 Å². The maximum atomic E-state index is 12.2. The van der Waals surface area contributed by atoms with Crippen LogP contribution in [0.1, 0.15) is 18.4 Å². The highest BCUT2D eigenvalue weighted by molar-refractivity contribution is 5.87. The number of nitrogens with two attached hydrogens (primary N) is 2. The Hall–Kier alpha value is -3.95. The third-order valence-corrected chi connectivity index (χ3v) is 3.83. The molecule has 1 aromatic rings. The van der Waals surface area contributed by atoms with Crippen LogP contribution in [-0.4, -0.2) is 65.9 Å². The number of hydrogen-bond acceptors (Lipinski definition) is 8. The Labute approximate surface area is 191 Å². The molecule has 0 unspecified atom stereocenters. The normalized spacial score (nSPS) is 12.9. The van der Waals surface area contributed by atoms with Gasteiger partial charge in [-0.2, -0.15) is 13.2 Å². The maximum absolute atomic E-state index is 12.2. The molecule has 34 heavy (non-hydrogen) atoms. The van der Waals surface area contributed by atoms with Crippen LogP contribution in [0, 0.1) is 10.1 Å². The van der Waals surface area contributed by atoms with E-state index < -0.39 is 41.1 Å². The highest BCUT2D eigenvalue weighted by Crippen LogP contribution is 2.13. The molecule has 190 valence electrons. The predicted molar refractivity (Wildman–Crippen MR) is 112 cm³/mol. The number of guanidine groups is 1. The Bertz CT molecular complexity index is 852. The van der Waals surface area contributed by atoms with Gasteiger partial charge in [0.1, 0.15) is 6.04 Å². The van der Waals surface area contributed by atoms with Crippen LogP contribution in [0.15, 0.2) is 35.3 Å². The van der Waals surface area contributed by atoms with Crippen LogP contribution < -0.4 is 22.2 Å². The zero-order chi connectivity index (χ0) is 26.3. The SMILES string of the molecule is COC(=O)[C@H](Cc1ccccc1)NC(=O)[C@@H](N)CCCN=C(N)N[N+](=O)[O-].O=C(O)C(F)(F)F. The summed E-state index contributed by atoms with van der Waals surface area (Å²) < 4.78 is 36.5. The van der Waals surface area contributed by atoms with Crippen molar-refractivity contribution in [1.82, 2.24) is 10.7 Å². The Morgan fingerprint density at radius 2 is 1.82 bits per heavy atom. The van der Waals surface area contributed by atoms with E-state index in [0.29, 0.717) is 6.42 Å². The fourth-order valence-corrected chi connectivity index (χ4v) is 2.23. The number of aliphatic imine (C=N–C) groups is 1. The number of esters is 1. The number of carboxylic acid groups (broad SMARTS) is 1. The van der Waals surface area contributed by atoms with Crippen molar-refractivity contribution in [3.05, 3.63) is 46.0 Å². The summed E-state index contributed by atoms with van der Waals surface area (Å²) in [7, 11) is 1.24. The summed E-state index contributed by atoms with van der Waals surface area (Å²) in [6, 6.07) is 7.46. The lowest BCUT2D eigenvalue weighted by atomic mass is 10.0. The molecule has 2 atom stereocenters. The molecule has 0 aliphatic carbocycles. The van der Waals surface area contributed by atoms with Crippen LogP contribution in [0.4, 0.5) is 13.2 Å². The second-order valence-corrected chi connectivity index (χ2v) is 6.46.